The minimum atomic E-state index is -1.40. The normalized spacial score (nSPS) is 28.4. The van der Waals surface area contributed by atoms with E-state index < -0.39 is 33.9 Å². The van der Waals surface area contributed by atoms with E-state index in [1.54, 1.807) is 18.3 Å². The summed E-state index contributed by atoms with van der Waals surface area (Å²) in [6, 6.07) is 2.64. The summed E-state index contributed by atoms with van der Waals surface area (Å²) >= 11 is 4.64. The lowest BCUT2D eigenvalue weighted by atomic mass is 9.78. The average Bonchev–Trinajstić information content (AvgIpc) is 2.46. The Labute approximate surface area is 145 Å². The molecule has 130 valence electrons. The summed E-state index contributed by atoms with van der Waals surface area (Å²) in [5.41, 5.74) is -0.670. The molecule has 7 heteroatoms. The highest BCUT2D eigenvalue weighted by Crippen LogP contribution is 2.40. The second kappa shape index (κ2) is 7.23. The van der Waals surface area contributed by atoms with E-state index in [1.807, 2.05) is 20.8 Å². The van der Waals surface area contributed by atoms with Crippen molar-refractivity contribution in [1.82, 2.24) is 9.71 Å². The molecule has 1 aliphatic rings. The van der Waals surface area contributed by atoms with E-state index in [-0.39, 0.29) is 12.8 Å². The smallest absolute Gasteiger partial charge is 0.136 e. The number of alkyl halides is 1. The van der Waals surface area contributed by atoms with Gasteiger partial charge in [-0.1, -0.05) is 11.6 Å². The molecule has 2 rings (SSSR count). The molecule has 0 radical (unpaired) electrons. The molecule has 2 atom stereocenters. The van der Waals surface area contributed by atoms with Crippen molar-refractivity contribution in [2.24, 2.45) is 0 Å². The van der Waals surface area contributed by atoms with Crippen LogP contribution in [0.4, 0.5) is 4.39 Å². The zero-order valence-electron chi connectivity index (χ0n) is 13.7. The lowest BCUT2D eigenvalue weighted by Gasteiger charge is -2.40. The van der Waals surface area contributed by atoms with Crippen molar-refractivity contribution in [3.05, 3.63) is 29.0 Å². The highest BCUT2D eigenvalue weighted by molar-refractivity contribution is 7.90. The monoisotopic (exact) mass is 362 g/mol. The van der Waals surface area contributed by atoms with Gasteiger partial charge >= 0.3 is 0 Å². The Hall–Kier alpha value is -0.400. The SMILES string of the molecule is CC(C)(C)[S+]([O-])NC(c1cc(Cl)ccn1)C1(O)CCC(F)CC1. The molecule has 1 aliphatic carbocycles. The lowest BCUT2D eigenvalue weighted by molar-refractivity contribution is -0.0418. The van der Waals surface area contributed by atoms with Crippen LogP contribution in [-0.4, -0.2) is 31.2 Å². The van der Waals surface area contributed by atoms with Crippen LogP contribution in [-0.2, 0) is 11.4 Å². The molecule has 4 nitrogen and oxygen atoms in total. The molecule has 1 aromatic rings. The van der Waals surface area contributed by atoms with Crippen molar-refractivity contribution in [3.63, 3.8) is 0 Å². The first-order valence-corrected chi connectivity index (χ1v) is 9.30. The maximum Gasteiger partial charge on any atom is 0.136 e. The topological polar surface area (TPSA) is 68.2 Å². The molecule has 2 unspecified atom stereocenters. The summed E-state index contributed by atoms with van der Waals surface area (Å²) in [7, 11) is 0. The van der Waals surface area contributed by atoms with Gasteiger partial charge in [0.2, 0.25) is 0 Å². The molecule has 0 amide bonds. The van der Waals surface area contributed by atoms with E-state index in [4.69, 9.17) is 11.6 Å². The maximum atomic E-state index is 13.5. The van der Waals surface area contributed by atoms with Crippen LogP contribution in [0.3, 0.4) is 0 Å². The number of pyridine rings is 1. The number of halogens is 2. The summed E-state index contributed by atoms with van der Waals surface area (Å²) < 4.78 is 28.5. The van der Waals surface area contributed by atoms with Gasteiger partial charge in [0.05, 0.1) is 11.3 Å². The van der Waals surface area contributed by atoms with Crippen LogP contribution >= 0.6 is 11.6 Å². The summed E-state index contributed by atoms with van der Waals surface area (Å²) in [5, 5.41) is 11.6. The summed E-state index contributed by atoms with van der Waals surface area (Å²) in [5.74, 6) is 0. The van der Waals surface area contributed by atoms with E-state index in [1.165, 1.54) is 0 Å². The molecule has 0 bridgehead atoms. The Morgan fingerprint density at radius 2 is 2.09 bits per heavy atom. The van der Waals surface area contributed by atoms with Gasteiger partial charge in [0.15, 0.2) is 0 Å². The number of aromatic nitrogens is 1. The first-order chi connectivity index (χ1) is 10.6. The van der Waals surface area contributed by atoms with Gasteiger partial charge in [0.25, 0.3) is 0 Å². The molecule has 23 heavy (non-hydrogen) atoms. The Balaban J connectivity index is 2.31. The van der Waals surface area contributed by atoms with Gasteiger partial charge in [0, 0.05) is 22.6 Å². The lowest BCUT2D eigenvalue weighted by Crippen LogP contribution is -2.52. The van der Waals surface area contributed by atoms with Gasteiger partial charge in [-0.3, -0.25) is 4.98 Å². The van der Waals surface area contributed by atoms with Gasteiger partial charge in [-0.2, -0.15) is 0 Å². The van der Waals surface area contributed by atoms with E-state index in [0.29, 0.717) is 23.6 Å². The Kier molecular flexibility index (Phi) is 5.95. The van der Waals surface area contributed by atoms with Gasteiger partial charge in [-0.05, 0) is 58.6 Å². The number of hydrogen-bond acceptors (Lipinski definition) is 4. The zero-order valence-corrected chi connectivity index (χ0v) is 15.3. The molecule has 1 aromatic heterocycles. The molecule has 2 N–H and O–H groups in total. The standard InChI is InChI=1S/C16H24ClFN2O2S/c1-15(2,3)23(22)20-14(13-10-11(17)6-9-19-13)16(21)7-4-12(18)5-8-16/h6,9-10,12,14,20-21H,4-5,7-8H2,1-3H3. The van der Waals surface area contributed by atoms with Crippen molar-refractivity contribution < 1.29 is 14.0 Å². The molecule has 0 saturated heterocycles. The van der Waals surface area contributed by atoms with Gasteiger partial charge in [-0.25, -0.2) is 4.39 Å². The number of hydrogen-bond donors (Lipinski definition) is 2. The maximum absolute atomic E-state index is 13.5. The Morgan fingerprint density at radius 3 is 2.61 bits per heavy atom. The minimum absolute atomic E-state index is 0.289. The summed E-state index contributed by atoms with van der Waals surface area (Å²) in [6.45, 7) is 5.54. The second-order valence-electron chi connectivity index (χ2n) is 7.11. The third kappa shape index (κ3) is 4.79. The van der Waals surface area contributed by atoms with Gasteiger partial charge in [0.1, 0.15) is 17.0 Å². The van der Waals surface area contributed by atoms with E-state index in [2.05, 4.69) is 9.71 Å². The van der Waals surface area contributed by atoms with Gasteiger partial charge in [-0.15, -0.1) is 4.72 Å². The largest absolute Gasteiger partial charge is 0.598 e. The molecule has 1 fully saturated rings. The van der Waals surface area contributed by atoms with Crippen LogP contribution in [0, 0.1) is 0 Å². The summed E-state index contributed by atoms with van der Waals surface area (Å²) in [6.07, 6.45) is 1.82. The molecule has 1 heterocycles. The fourth-order valence-corrected chi connectivity index (χ4v) is 3.76. The van der Waals surface area contributed by atoms with Crippen molar-refractivity contribution in [3.8, 4) is 0 Å². The second-order valence-corrected chi connectivity index (χ2v) is 9.54. The third-order valence-electron chi connectivity index (χ3n) is 4.14. The Bertz CT molecular complexity index is 533. The summed E-state index contributed by atoms with van der Waals surface area (Å²) in [4.78, 5) is 4.28. The molecule has 0 aliphatic heterocycles. The quantitative estimate of drug-likeness (QED) is 0.805. The van der Waals surface area contributed by atoms with Crippen LogP contribution < -0.4 is 4.72 Å². The molecular weight excluding hydrogens is 339 g/mol. The van der Waals surface area contributed by atoms with Crippen LogP contribution in [0.5, 0.6) is 0 Å². The zero-order chi connectivity index (χ0) is 17.3. The van der Waals surface area contributed by atoms with Crippen molar-refractivity contribution in [2.75, 3.05) is 0 Å². The Morgan fingerprint density at radius 1 is 1.48 bits per heavy atom. The van der Waals surface area contributed by atoms with Crippen LogP contribution in [0.25, 0.3) is 0 Å². The minimum Gasteiger partial charge on any atom is -0.598 e. The highest BCUT2D eigenvalue weighted by atomic mass is 35.5. The van der Waals surface area contributed by atoms with E-state index in [0.717, 1.165) is 0 Å². The molecule has 1 saturated carbocycles. The fraction of sp³-hybridized carbons (Fsp3) is 0.688. The third-order valence-corrected chi connectivity index (χ3v) is 5.94. The molecular formula is C16H24ClFN2O2S. The van der Waals surface area contributed by atoms with E-state index >= 15 is 0 Å². The number of nitrogens with one attached hydrogen (secondary N) is 1. The van der Waals surface area contributed by atoms with Crippen molar-refractivity contribution >= 4 is 23.0 Å². The fourth-order valence-electron chi connectivity index (χ4n) is 2.68. The molecule has 0 aromatic carbocycles. The highest BCUT2D eigenvalue weighted by Gasteiger charge is 2.45. The number of rotatable bonds is 4. The molecule has 0 spiro atoms. The van der Waals surface area contributed by atoms with Gasteiger partial charge < -0.3 is 9.66 Å². The van der Waals surface area contributed by atoms with Crippen molar-refractivity contribution in [1.29, 1.82) is 0 Å². The first kappa shape index (κ1) is 18.9. The first-order valence-electron chi connectivity index (χ1n) is 7.78. The average molecular weight is 363 g/mol. The predicted octanol–water partition coefficient (Wildman–Crippen LogP) is 3.47. The number of nitrogens with zero attached hydrogens (tertiary/aromatic N) is 1. The number of aliphatic hydroxyl groups is 1. The van der Waals surface area contributed by atoms with Crippen LogP contribution in [0.15, 0.2) is 18.3 Å². The van der Waals surface area contributed by atoms with Crippen LogP contribution in [0.1, 0.15) is 58.2 Å². The predicted molar refractivity (Wildman–Crippen MR) is 91.3 cm³/mol. The van der Waals surface area contributed by atoms with Crippen LogP contribution in [0.2, 0.25) is 5.02 Å². The van der Waals surface area contributed by atoms with E-state index in [9.17, 15) is 14.0 Å². The van der Waals surface area contributed by atoms with Crippen molar-refractivity contribution in [2.45, 2.75) is 69.0 Å².